The first kappa shape index (κ1) is 20.9. The van der Waals surface area contributed by atoms with E-state index in [2.05, 4.69) is 18.7 Å². The van der Waals surface area contributed by atoms with Crippen LogP contribution in [-0.2, 0) is 6.54 Å². The van der Waals surface area contributed by atoms with Gasteiger partial charge in [0, 0.05) is 24.2 Å². The summed E-state index contributed by atoms with van der Waals surface area (Å²) in [6.07, 6.45) is 2.32. The second-order valence-corrected chi connectivity index (χ2v) is 8.84. The van der Waals surface area contributed by atoms with Gasteiger partial charge in [-0.2, -0.15) is 0 Å². The zero-order chi connectivity index (χ0) is 21.3. The van der Waals surface area contributed by atoms with Gasteiger partial charge in [-0.05, 0) is 88.5 Å². The third-order valence-corrected chi connectivity index (χ3v) is 6.14. The van der Waals surface area contributed by atoms with Gasteiger partial charge >= 0.3 is 0 Å². The van der Waals surface area contributed by atoms with Crippen LogP contribution in [0.2, 0.25) is 5.02 Å². The van der Waals surface area contributed by atoms with Gasteiger partial charge in [0.25, 0.3) is 5.56 Å². The average molecular weight is 426 g/mol. The summed E-state index contributed by atoms with van der Waals surface area (Å²) in [4.78, 5) is 20.5. The Kier molecular flexibility index (Phi) is 6.11. The van der Waals surface area contributed by atoms with Gasteiger partial charge in [-0.15, -0.1) is 0 Å². The normalized spacial score (nSPS) is 17.6. The predicted molar refractivity (Wildman–Crippen MR) is 122 cm³/mol. The van der Waals surface area contributed by atoms with E-state index < -0.39 is 0 Å². The van der Waals surface area contributed by atoms with E-state index >= 15 is 0 Å². The van der Waals surface area contributed by atoms with Crippen molar-refractivity contribution in [3.8, 4) is 11.5 Å². The van der Waals surface area contributed by atoms with Gasteiger partial charge in [0.05, 0.1) is 10.9 Å². The molecular weight excluding hydrogens is 398 g/mol. The standard InChI is InChI=1S/C24H28ClN3O2/c1-16(2)27-12-4-5-18(14-27)15-28-17(3)26-23-11-10-21(13-22(23)24(28)29)30-20-8-6-19(25)7-9-20/h6-11,13,16,18H,4-5,12,14-15H2,1-3H3/t18-/m0/s1. The molecule has 2 aromatic carbocycles. The molecule has 158 valence electrons. The molecule has 0 N–H and O–H groups in total. The van der Waals surface area contributed by atoms with Crippen LogP contribution in [0.25, 0.3) is 10.9 Å². The van der Waals surface area contributed by atoms with Crippen molar-refractivity contribution in [3.05, 3.63) is 63.7 Å². The summed E-state index contributed by atoms with van der Waals surface area (Å²) in [5, 5.41) is 1.24. The van der Waals surface area contributed by atoms with E-state index in [0.29, 0.717) is 45.9 Å². The van der Waals surface area contributed by atoms with Crippen LogP contribution >= 0.6 is 11.6 Å². The Morgan fingerprint density at radius 1 is 1.17 bits per heavy atom. The monoisotopic (exact) mass is 425 g/mol. The molecule has 5 nitrogen and oxygen atoms in total. The Morgan fingerprint density at radius 2 is 1.90 bits per heavy atom. The first-order valence-corrected chi connectivity index (χ1v) is 11.0. The molecule has 0 spiro atoms. The lowest BCUT2D eigenvalue weighted by atomic mass is 9.96. The number of halogens is 1. The van der Waals surface area contributed by atoms with E-state index in [1.54, 1.807) is 18.2 Å². The van der Waals surface area contributed by atoms with Crippen molar-refractivity contribution in [3.63, 3.8) is 0 Å². The van der Waals surface area contributed by atoms with Crippen molar-refractivity contribution in [2.24, 2.45) is 5.92 Å². The van der Waals surface area contributed by atoms with Crippen molar-refractivity contribution in [2.75, 3.05) is 13.1 Å². The van der Waals surface area contributed by atoms with Crippen LogP contribution in [0.1, 0.15) is 32.5 Å². The Labute approximate surface area is 182 Å². The molecule has 1 aromatic heterocycles. The average Bonchev–Trinajstić information content (AvgIpc) is 2.73. The molecule has 0 unspecified atom stereocenters. The highest BCUT2D eigenvalue weighted by molar-refractivity contribution is 6.30. The molecule has 1 aliphatic rings. The van der Waals surface area contributed by atoms with E-state index in [4.69, 9.17) is 21.3 Å². The van der Waals surface area contributed by atoms with Crippen LogP contribution in [0.3, 0.4) is 0 Å². The summed E-state index contributed by atoms with van der Waals surface area (Å²) >= 11 is 5.94. The molecule has 4 rings (SSSR count). The number of fused-ring (bicyclic) bond motifs is 1. The number of aryl methyl sites for hydroxylation is 1. The highest BCUT2D eigenvalue weighted by Gasteiger charge is 2.23. The summed E-state index contributed by atoms with van der Waals surface area (Å²) in [6, 6.07) is 13.2. The number of ether oxygens (including phenoxy) is 1. The molecule has 0 amide bonds. The van der Waals surface area contributed by atoms with E-state index in [-0.39, 0.29) is 5.56 Å². The van der Waals surface area contributed by atoms with Gasteiger partial charge in [-0.1, -0.05) is 11.6 Å². The fourth-order valence-electron chi connectivity index (χ4n) is 4.20. The highest BCUT2D eigenvalue weighted by atomic mass is 35.5. The van der Waals surface area contributed by atoms with E-state index in [9.17, 15) is 4.79 Å². The maximum absolute atomic E-state index is 13.3. The van der Waals surface area contributed by atoms with Crippen molar-refractivity contribution in [2.45, 2.75) is 46.2 Å². The minimum atomic E-state index is 0.000673. The van der Waals surface area contributed by atoms with Gasteiger partial charge in [-0.3, -0.25) is 9.36 Å². The first-order chi connectivity index (χ1) is 14.4. The SMILES string of the molecule is Cc1nc2ccc(Oc3ccc(Cl)cc3)cc2c(=O)n1C[C@H]1CCCN(C(C)C)C1. The first-order valence-electron chi connectivity index (χ1n) is 10.6. The van der Waals surface area contributed by atoms with Crippen molar-refractivity contribution >= 4 is 22.5 Å². The summed E-state index contributed by atoms with van der Waals surface area (Å²) < 4.78 is 7.75. The molecule has 0 radical (unpaired) electrons. The Morgan fingerprint density at radius 3 is 2.63 bits per heavy atom. The van der Waals surface area contributed by atoms with E-state index in [1.165, 1.54) is 6.42 Å². The van der Waals surface area contributed by atoms with Crippen molar-refractivity contribution < 1.29 is 4.74 Å². The number of piperidine rings is 1. The van der Waals surface area contributed by atoms with Crippen molar-refractivity contribution in [1.82, 2.24) is 14.5 Å². The van der Waals surface area contributed by atoms with Gasteiger partial charge in [0.1, 0.15) is 17.3 Å². The van der Waals surface area contributed by atoms with Crippen LogP contribution in [0, 0.1) is 12.8 Å². The third kappa shape index (κ3) is 4.52. The van der Waals surface area contributed by atoms with Crippen LogP contribution in [0.5, 0.6) is 11.5 Å². The molecule has 30 heavy (non-hydrogen) atoms. The minimum absolute atomic E-state index is 0.000673. The summed E-state index contributed by atoms with van der Waals surface area (Å²) in [7, 11) is 0. The summed E-state index contributed by atoms with van der Waals surface area (Å²) in [5.74, 6) is 2.52. The Bertz CT molecular complexity index is 1090. The number of rotatable bonds is 5. The molecule has 0 aliphatic carbocycles. The molecule has 0 bridgehead atoms. The minimum Gasteiger partial charge on any atom is -0.457 e. The zero-order valence-corrected chi connectivity index (χ0v) is 18.5. The van der Waals surface area contributed by atoms with Gasteiger partial charge in [-0.25, -0.2) is 4.98 Å². The van der Waals surface area contributed by atoms with Crippen LogP contribution in [-0.4, -0.2) is 33.6 Å². The molecular formula is C24H28ClN3O2. The quantitative estimate of drug-likeness (QED) is 0.558. The number of benzene rings is 2. The summed E-state index contributed by atoms with van der Waals surface area (Å²) in [6.45, 7) is 9.27. The lowest BCUT2D eigenvalue weighted by molar-refractivity contribution is 0.129. The molecule has 1 aliphatic heterocycles. The molecule has 1 saturated heterocycles. The molecule has 3 aromatic rings. The topological polar surface area (TPSA) is 47.4 Å². The fraction of sp³-hybridized carbons (Fsp3) is 0.417. The maximum atomic E-state index is 13.3. The van der Waals surface area contributed by atoms with E-state index in [1.807, 2.05) is 35.8 Å². The van der Waals surface area contributed by atoms with Gasteiger partial charge < -0.3 is 9.64 Å². The van der Waals surface area contributed by atoms with Crippen molar-refractivity contribution in [1.29, 1.82) is 0 Å². The largest absolute Gasteiger partial charge is 0.457 e. The number of nitrogens with zero attached hydrogens (tertiary/aromatic N) is 3. The number of hydrogen-bond acceptors (Lipinski definition) is 4. The van der Waals surface area contributed by atoms with Gasteiger partial charge in [0.15, 0.2) is 0 Å². The molecule has 1 atom stereocenters. The number of likely N-dealkylation sites (tertiary alicyclic amines) is 1. The third-order valence-electron chi connectivity index (χ3n) is 5.89. The number of hydrogen-bond donors (Lipinski definition) is 0. The lowest BCUT2D eigenvalue weighted by Crippen LogP contribution is -2.42. The van der Waals surface area contributed by atoms with Crippen LogP contribution < -0.4 is 10.3 Å². The molecule has 1 fully saturated rings. The van der Waals surface area contributed by atoms with Crippen LogP contribution in [0.4, 0.5) is 0 Å². The lowest BCUT2D eigenvalue weighted by Gasteiger charge is -2.35. The fourth-order valence-corrected chi connectivity index (χ4v) is 4.33. The number of aromatic nitrogens is 2. The molecule has 6 heteroatoms. The molecule has 0 saturated carbocycles. The van der Waals surface area contributed by atoms with E-state index in [0.717, 1.165) is 25.3 Å². The smallest absolute Gasteiger partial charge is 0.261 e. The van der Waals surface area contributed by atoms with Crippen LogP contribution in [0.15, 0.2) is 47.3 Å². The summed E-state index contributed by atoms with van der Waals surface area (Å²) in [5.41, 5.74) is 0.699. The Balaban J connectivity index is 1.62. The second kappa shape index (κ2) is 8.78. The Hall–Kier alpha value is -2.37. The second-order valence-electron chi connectivity index (χ2n) is 8.41. The molecule has 2 heterocycles. The van der Waals surface area contributed by atoms with Gasteiger partial charge in [0.2, 0.25) is 0 Å². The maximum Gasteiger partial charge on any atom is 0.261 e. The zero-order valence-electron chi connectivity index (χ0n) is 17.8. The predicted octanol–water partition coefficient (Wildman–Crippen LogP) is 5.27. The highest BCUT2D eigenvalue weighted by Crippen LogP contribution is 2.26.